The van der Waals surface area contributed by atoms with Gasteiger partial charge in [0, 0.05) is 10.8 Å². The number of carboxylic acid groups (broad SMARTS) is 1. The van der Waals surface area contributed by atoms with Gasteiger partial charge in [0.2, 0.25) is 6.41 Å². The fourth-order valence-electron chi connectivity index (χ4n) is 2.74. The van der Waals surface area contributed by atoms with E-state index in [1.807, 2.05) is 42.5 Å². The second-order valence-electron chi connectivity index (χ2n) is 5.74. The van der Waals surface area contributed by atoms with Gasteiger partial charge in [-0.3, -0.25) is 14.5 Å². The maximum Gasteiger partial charge on any atom is 0.323 e. The zero-order chi connectivity index (χ0) is 18.7. The standard InChI is InChI=1S/C19H15ClN2O4/c20-18-15-9-13(8-12-4-2-1-3-5-12)6-7-14(15)17(26)19(21-18)22(11-23)10-16(24)25/h1-7,9,11,26H,8,10H2,(H,24,25). The number of aromatic nitrogens is 1. The minimum absolute atomic E-state index is 0.0833. The van der Waals surface area contributed by atoms with E-state index in [0.29, 0.717) is 23.6 Å². The molecule has 0 spiro atoms. The van der Waals surface area contributed by atoms with Gasteiger partial charge >= 0.3 is 5.97 Å². The molecule has 0 bridgehead atoms. The number of amides is 1. The predicted octanol–water partition coefficient (Wildman–Crippen LogP) is 3.23. The molecule has 0 fully saturated rings. The number of aliphatic carboxylic acids is 1. The fourth-order valence-corrected chi connectivity index (χ4v) is 2.98. The van der Waals surface area contributed by atoms with Crippen LogP contribution in [0.15, 0.2) is 48.5 Å². The van der Waals surface area contributed by atoms with Crippen LogP contribution in [0.5, 0.6) is 5.75 Å². The van der Waals surface area contributed by atoms with E-state index in [4.69, 9.17) is 16.7 Å². The molecule has 2 N–H and O–H groups in total. The summed E-state index contributed by atoms with van der Waals surface area (Å²) in [6, 6.07) is 15.2. The van der Waals surface area contributed by atoms with Crippen LogP contribution in [0, 0.1) is 0 Å². The van der Waals surface area contributed by atoms with Crippen LogP contribution in [0.3, 0.4) is 0 Å². The highest BCUT2D eigenvalue weighted by Gasteiger charge is 2.20. The van der Waals surface area contributed by atoms with Crippen LogP contribution in [-0.2, 0) is 16.0 Å². The maximum absolute atomic E-state index is 11.2. The van der Waals surface area contributed by atoms with E-state index < -0.39 is 12.5 Å². The summed E-state index contributed by atoms with van der Waals surface area (Å²) in [6.45, 7) is -0.627. The number of hydrogen-bond donors (Lipinski definition) is 2. The average Bonchev–Trinajstić information content (AvgIpc) is 2.63. The fraction of sp³-hybridized carbons (Fsp3) is 0.105. The normalized spacial score (nSPS) is 10.7. The zero-order valence-corrected chi connectivity index (χ0v) is 14.3. The molecule has 0 radical (unpaired) electrons. The van der Waals surface area contributed by atoms with Gasteiger partial charge in [-0.1, -0.05) is 54.1 Å². The van der Waals surface area contributed by atoms with Crippen molar-refractivity contribution in [3.63, 3.8) is 0 Å². The zero-order valence-electron chi connectivity index (χ0n) is 13.6. The predicted molar refractivity (Wildman–Crippen MR) is 98.7 cm³/mol. The van der Waals surface area contributed by atoms with Gasteiger partial charge in [-0.05, 0) is 23.6 Å². The first-order valence-electron chi connectivity index (χ1n) is 7.78. The molecule has 7 heteroatoms. The number of benzene rings is 2. The summed E-state index contributed by atoms with van der Waals surface area (Å²) in [6.07, 6.45) is 0.983. The van der Waals surface area contributed by atoms with Gasteiger partial charge in [0.1, 0.15) is 11.7 Å². The molecule has 1 aromatic heterocycles. The summed E-state index contributed by atoms with van der Waals surface area (Å²) in [4.78, 5) is 26.9. The summed E-state index contributed by atoms with van der Waals surface area (Å²) >= 11 is 6.23. The Labute approximate surface area is 154 Å². The second-order valence-corrected chi connectivity index (χ2v) is 6.10. The highest BCUT2D eigenvalue weighted by Crippen LogP contribution is 2.37. The number of carboxylic acids is 1. The van der Waals surface area contributed by atoms with Crippen molar-refractivity contribution in [1.82, 2.24) is 4.98 Å². The average molecular weight is 371 g/mol. The molecular formula is C19H15ClN2O4. The van der Waals surface area contributed by atoms with E-state index in [-0.39, 0.29) is 16.7 Å². The Morgan fingerprint density at radius 1 is 1.12 bits per heavy atom. The van der Waals surface area contributed by atoms with Crippen molar-refractivity contribution in [1.29, 1.82) is 0 Å². The molecule has 0 aliphatic heterocycles. The number of fused-ring (bicyclic) bond motifs is 1. The van der Waals surface area contributed by atoms with Crippen molar-refractivity contribution in [2.75, 3.05) is 11.4 Å². The highest BCUT2D eigenvalue weighted by molar-refractivity contribution is 6.34. The van der Waals surface area contributed by atoms with Crippen molar-refractivity contribution >= 4 is 40.6 Å². The van der Waals surface area contributed by atoms with Crippen LogP contribution < -0.4 is 4.90 Å². The Kier molecular flexibility index (Phi) is 5.04. The van der Waals surface area contributed by atoms with Crippen molar-refractivity contribution in [2.45, 2.75) is 6.42 Å². The second kappa shape index (κ2) is 7.41. The van der Waals surface area contributed by atoms with E-state index in [9.17, 15) is 14.7 Å². The van der Waals surface area contributed by atoms with E-state index in [1.165, 1.54) is 0 Å². The third-order valence-electron chi connectivity index (χ3n) is 3.93. The van der Waals surface area contributed by atoms with Gasteiger partial charge in [0.15, 0.2) is 11.6 Å². The quantitative estimate of drug-likeness (QED) is 0.513. The highest BCUT2D eigenvalue weighted by atomic mass is 35.5. The molecule has 26 heavy (non-hydrogen) atoms. The van der Waals surface area contributed by atoms with Crippen LogP contribution in [0.2, 0.25) is 5.15 Å². The first-order chi connectivity index (χ1) is 12.5. The largest absolute Gasteiger partial charge is 0.504 e. The molecule has 132 valence electrons. The molecule has 6 nitrogen and oxygen atoms in total. The van der Waals surface area contributed by atoms with Crippen molar-refractivity contribution in [3.8, 4) is 5.75 Å². The van der Waals surface area contributed by atoms with Gasteiger partial charge in [-0.15, -0.1) is 0 Å². The van der Waals surface area contributed by atoms with Gasteiger partial charge in [-0.2, -0.15) is 0 Å². The van der Waals surface area contributed by atoms with Gasteiger partial charge in [0.25, 0.3) is 0 Å². The summed E-state index contributed by atoms with van der Waals surface area (Å²) in [7, 11) is 0. The monoisotopic (exact) mass is 370 g/mol. The maximum atomic E-state index is 11.2. The van der Waals surface area contributed by atoms with Crippen LogP contribution in [0.1, 0.15) is 11.1 Å². The Morgan fingerprint density at radius 2 is 1.85 bits per heavy atom. The molecule has 2 aromatic carbocycles. The van der Waals surface area contributed by atoms with Crippen molar-refractivity contribution < 1.29 is 19.8 Å². The molecule has 3 rings (SSSR count). The summed E-state index contributed by atoms with van der Waals surface area (Å²) < 4.78 is 0. The SMILES string of the molecule is O=CN(CC(=O)O)c1nc(Cl)c2cc(Cc3ccccc3)ccc2c1O. The number of hydrogen-bond acceptors (Lipinski definition) is 4. The third-order valence-corrected chi connectivity index (χ3v) is 4.22. The summed E-state index contributed by atoms with van der Waals surface area (Å²) in [5, 5.41) is 20.3. The lowest BCUT2D eigenvalue weighted by atomic mass is 10.0. The lowest BCUT2D eigenvalue weighted by molar-refractivity contribution is -0.136. The lowest BCUT2D eigenvalue weighted by Crippen LogP contribution is -2.29. The lowest BCUT2D eigenvalue weighted by Gasteiger charge is -2.17. The number of pyridine rings is 1. The number of rotatable bonds is 6. The van der Waals surface area contributed by atoms with Crippen LogP contribution in [0.25, 0.3) is 10.8 Å². The summed E-state index contributed by atoms with van der Waals surface area (Å²) in [5.41, 5.74) is 2.11. The first-order valence-corrected chi connectivity index (χ1v) is 8.16. The minimum Gasteiger partial charge on any atom is -0.504 e. The Bertz CT molecular complexity index is 976. The molecule has 0 atom stereocenters. The molecule has 1 amide bonds. The van der Waals surface area contributed by atoms with E-state index in [0.717, 1.165) is 16.0 Å². The van der Waals surface area contributed by atoms with Crippen LogP contribution in [-0.4, -0.2) is 34.1 Å². The van der Waals surface area contributed by atoms with Crippen molar-refractivity contribution in [2.24, 2.45) is 0 Å². The number of carbonyl (C=O) groups excluding carboxylic acids is 1. The number of halogens is 1. The third kappa shape index (κ3) is 3.60. The Balaban J connectivity index is 2.04. The smallest absolute Gasteiger partial charge is 0.323 e. The van der Waals surface area contributed by atoms with E-state index >= 15 is 0 Å². The molecule has 0 saturated heterocycles. The van der Waals surface area contributed by atoms with Gasteiger partial charge in [-0.25, -0.2) is 4.98 Å². The van der Waals surface area contributed by atoms with Crippen LogP contribution >= 0.6 is 11.6 Å². The van der Waals surface area contributed by atoms with Gasteiger partial charge < -0.3 is 10.2 Å². The molecule has 0 unspecified atom stereocenters. The number of nitrogens with zero attached hydrogens (tertiary/aromatic N) is 2. The molecule has 1 heterocycles. The van der Waals surface area contributed by atoms with Gasteiger partial charge in [0.05, 0.1) is 0 Å². The number of aromatic hydroxyl groups is 1. The first kappa shape index (κ1) is 17.7. The van der Waals surface area contributed by atoms with E-state index in [1.54, 1.807) is 6.07 Å². The topological polar surface area (TPSA) is 90.7 Å². The molecular weight excluding hydrogens is 356 g/mol. The number of carbonyl (C=O) groups is 2. The van der Waals surface area contributed by atoms with E-state index in [2.05, 4.69) is 4.98 Å². The Morgan fingerprint density at radius 3 is 2.50 bits per heavy atom. The number of anilines is 1. The molecule has 0 saturated carbocycles. The van der Waals surface area contributed by atoms with Crippen LogP contribution in [0.4, 0.5) is 5.82 Å². The molecule has 3 aromatic rings. The minimum atomic E-state index is -1.23. The summed E-state index contributed by atoms with van der Waals surface area (Å²) in [5.74, 6) is -1.70. The molecule has 0 aliphatic carbocycles. The molecule has 0 aliphatic rings. The van der Waals surface area contributed by atoms with Crippen molar-refractivity contribution in [3.05, 3.63) is 64.8 Å². The Hall–Kier alpha value is -3.12.